The Balaban J connectivity index is 2.62. The molecule has 0 atom stereocenters. The molecule has 1 aromatic carbocycles. The summed E-state index contributed by atoms with van der Waals surface area (Å²) in [6.07, 6.45) is 0. The summed E-state index contributed by atoms with van der Waals surface area (Å²) in [4.78, 5) is 6.77. The maximum Gasteiger partial charge on any atom is 0.133 e. The summed E-state index contributed by atoms with van der Waals surface area (Å²) < 4.78 is 0. The van der Waals surface area contributed by atoms with Crippen molar-refractivity contribution in [3.8, 4) is 0 Å². The maximum absolute atomic E-state index is 5.97. The predicted molar refractivity (Wildman–Crippen MR) is 70.2 cm³/mol. The van der Waals surface area contributed by atoms with Gasteiger partial charge >= 0.3 is 0 Å². The lowest BCUT2D eigenvalue weighted by atomic mass is 10.1. The number of aromatic nitrogens is 1. The second kappa shape index (κ2) is 4.71. The lowest BCUT2D eigenvalue weighted by Gasteiger charge is -2.19. The topological polar surface area (TPSA) is 16.1 Å². The lowest BCUT2D eigenvalue weighted by Crippen LogP contribution is -2.18. The molecule has 84 valence electrons. The van der Waals surface area contributed by atoms with Crippen molar-refractivity contribution in [3.05, 3.63) is 35.9 Å². The predicted octanol–water partition coefficient (Wildman–Crippen LogP) is 3.43. The molecule has 0 fully saturated rings. The number of anilines is 1. The molecular weight excluding hydrogens is 220 g/mol. The molecule has 1 heterocycles. The standard InChI is InChI=1S/C13H15ClN2/c1-3-16(2)13-11(9-14)8-10-6-4-5-7-12(10)15-13/h4-8H,3,9H2,1-2H3. The van der Waals surface area contributed by atoms with E-state index in [9.17, 15) is 0 Å². The number of hydrogen-bond donors (Lipinski definition) is 0. The van der Waals surface area contributed by atoms with Gasteiger partial charge in [0.2, 0.25) is 0 Å². The third kappa shape index (κ3) is 1.98. The van der Waals surface area contributed by atoms with Crippen LogP contribution in [0.15, 0.2) is 30.3 Å². The first-order valence-corrected chi connectivity index (χ1v) is 5.95. The molecule has 2 nitrogen and oxygen atoms in total. The highest BCUT2D eigenvalue weighted by Gasteiger charge is 2.08. The van der Waals surface area contributed by atoms with Crippen LogP contribution in [-0.4, -0.2) is 18.6 Å². The number of halogens is 1. The fourth-order valence-electron chi connectivity index (χ4n) is 1.73. The van der Waals surface area contributed by atoms with Gasteiger partial charge in [-0.25, -0.2) is 4.98 Å². The van der Waals surface area contributed by atoms with Gasteiger partial charge < -0.3 is 4.90 Å². The van der Waals surface area contributed by atoms with Crippen LogP contribution in [0.4, 0.5) is 5.82 Å². The zero-order chi connectivity index (χ0) is 11.5. The molecule has 1 aromatic heterocycles. The molecule has 0 saturated carbocycles. The van der Waals surface area contributed by atoms with E-state index < -0.39 is 0 Å². The monoisotopic (exact) mass is 234 g/mol. The Morgan fingerprint density at radius 2 is 2.06 bits per heavy atom. The summed E-state index contributed by atoms with van der Waals surface area (Å²) in [7, 11) is 2.03. The van der Waals surface area contributed by atoms with E-state index in [0.29, 0.717) is 5.88 Å². The van der Waals surface area contributed by atoms with E-state index in [1.807, 2.05) is 25.2 Å². The first kappa shape index (κ1) is 11.2. The van der Waals surface area contributed by atoms with Gasteiger partial charge in [0.05, 0.1) is 11.4 Å². The molecular formula is C13H15ClN2. The number of pyridine rings is 1. The number of para-hydroxylation sites is 1. The van der Waals surface area contributed by atoms with Crippen LogP contribution in [-0.2, 0) is 5.88 Å². The van der Waals surface area contributed by atoms with Crippen molar-refractivity contribution in [2.24, 2.45) is 0 Å². The molecule has 0 bridgehead atoms. The van der Waals surface area contributed by atoms with Crippen LogP contribution >= 0.6 is 11.6 Å². The Bertz CT molecular complexity index is 496. The Labute approximate surface area is 101 Å². The van der Waals surface area contributed by atoms with Gasteiger partial charge in [0.25, 0.3) is 0 Å². The Morgan fingerprint density at radius 1 is 1.31 bits per heavy atom. The summed E-state index contributed by atoms with van der Waals surface area (Å²) in [5.74, 6) is 1.48. The third-order valence-electron chi connectivity index (χ3n) is 2.76. The number of fused-ring (bicyclic) bond motifs is 1. The van der Waals surface area contributed by atoms with Gasteiger partial charge in [-0.1, -0.05) is 18.2 Å². The van der Waals surface area contributed by atoms with Crippen molar-refractivity contribution in [3.63, 3.8) is 0 Å². The Kier molecular flexibility index (Phi) is 3.30. The minimum absolute atomic E-state index is 0.498. The van der Waals surface area contributed by atoms with Gasteiger partial charge in [-0.2, -0.15) is 0 Å². The van der Waals surface area contributed by atoms with E-state index in [1.54, 1.807) is 0 Å². The zero-order valence-corrected chi connectivity index (χ0v) is 10.3. The van der Waals surface area contributed by atoms with Gasteiger partial charge in [-0.3, -0.25) is 0 Å². The number of rotatable bonds is 3. The molecule has 0 spiro atoms. The average Bonchev–Trinajstić information content (AvgIpc) is 2.36. The number of nitrogens with zero attached hydrogens (tertiary/aromatic N) is 2. The van der Waals surface area contributed by atoms with E-state index in [1.165, 1.54) is 0 Å². The van der Waals surface area contributed by atoms with Gasteiger partial charge in [0.15, 0.2) is 0 Å². The van der Waals surface area contributed by atoms with Crippen molar-refractivity contribution in [2.75, 3.05) is 18.5 Å². The van der Waals surface area contributed by atoms with Crippen molar-refractivity contribution in [1.82, 2.24) is 4.98 Å². The van der Waals surface area contributed by atoms with Crippen LogP contribution in [0, 0.1) is 0 Å². The smallest absolute Gasteiger partial charge is 0.133 e. The summed E-state index contributed by atoms with van der Waals surface area (Å²) in [6, 6.07) is 10.2. The molecule has 3 heteroatoms. The number of benzene rings is 1. The molecule has 0 saturated heterocycles. The third-order valence-corrected chi connectivity index (χ3v) is 3.05. The van der Waals surface area contributed by atoms with E-state index in [4.69, 9.17) is 11.6 Å². The van der Waals surface area contributed by atoms with Gasteiger partial charge in [0.1, 0.15) is 5.82 Å². The normalized spacial score (nSPS) is 10.7. The van der Waals surface area contributed by atoms with E-state index in [2.05, 4.69) is 28.9 Å². The molecule has 0 N–H and O–H groups in total. The van der Waals surface area contributed by atoms with Gasteiger partial charge in [-0.05, 0) is 19.1 Å². The first-order chi connectivity index (χ1) is 7.76. The minimum atomic E-state index is 0.498. The number of alkyl halides is 1. The Morgan fingerprint density at radius 3 is 2.75 bits per heavy atom. The van der Waals surface area contributed by atoms with Crippen LogP contribution in [0.5, 0.6) is 0 Å². The molecule has 0 amide bonds. The molecule has 0 aliphatic rings. The highest BCUT2D eigenvalue weighted by molar-refractivity contribution is 6.17. The van der Waals surface area contributed by atoms with E-state index in [0.717, 1.165) is 28.8 Å². The fourth-order valence-corrected chi connectivity index (χ4v) is 1.92. The lowest BCUT2D eigenvalue weighted by molar-refractivity contribution is 0.934. The second-order valence-electron chi connectivity index (χ2n) is 3.81. The summed E-state index contributed by atoms with van der Waals surface area (Å²) >= 11 is 5.97. The van der Waals surface area contributed by atoms with Crippen LogP contribution in [0.25, 0.3) is 10.9 Å². The molecule has 0 radical (unpaired) electrons. The largest absolute Gasteiger partial charge is 0.360 e. The van der Waals surface area contributed by atoms with E-state index >= 15 is 0 Å². The molecule has 0 unspecified atom stereocenters. The molecule has 2 rings (SSSR count). The number of hydrogen-bond acceptors (Lipinski definition) is 2. The molecule has 0 aliphatic heterocycles. The van der Waals surface area contributed by atoms with Crippen molar-refractivity contribution >= 4 is 28.3 Å². The molecule has 0 aliphatic carbocycles. The maximum atomic E-state index is 5.97. The summed E-state index contributed by atoms with van der Waals surface area (Å²) in [6.45, 7) is 3.03. The van der Waals surface area contributed by atoms with Gasteiger partial charge in [0, 0.05) is 24.5 Å². The van der Waals surface area contributed by atoms with E-state index in [-0.39, 0.29) is 0 Å². The van der Waals surface area contributed by atoms with Gasteiger partial charge in [-0.15, -0.1) is 11.6 Å². The van der Waals surface area contributed by atoms with Crippen LogP contribution in [0.2, 0.25) is 0 Å². The Hall–Kier alpha value is -1.28. The minimum Gasteiger partial charge on any atom is -0.360 e. The van der Waals surface area contributed by atoms with Crippen molar-refractivity contribution in [1.29, 1.82) is 0 Å². The van der Waals surface area contributed by atoms with Crippen molar-refractivity contribution < 1.29 is 0 Å². The molecule has 2 aromatic rings. The van der Waals surface area contributed by atoms with Crippen molar-refractivity contribution in [2.45, 2.75) is 12.8 Å². The quantitative estimate of drug-likeness (QED) is 0.757. The zero-order valence-electron chi connectivity index (χ0n) is 9.57. The fraction of sp³-hybridized carbons (Fsp3) is 0.308. The highest BCUT2D eigenvalue weighted by atomic mass is 35.5. The highest BCUT2D eigenvalue weighted by Crippen LogP contribution is 2.24. The second-order valence-corrected chi connectivity index (χ2v) is 4.08. The molecule has 16 heavy (non-hydrogen) atoms. The van der Waals surface area contributed by atoms with Crippen LogP contribution in [0.3, 0.4) is 0 Å². The average molecular weight is 235 g/mol. The summed E-state index contributed by atoms with van der Waals surface area (Å²) in [5.41, 5.74) is 2.11. The SMILES string of the molecule is CCN(C)c1nc2ccccc2cc1CCl. The van der Waals surface area contributed by atoms with Crippen LogP contribution in [0.1, 0.15) is 12.5 Å². The first-order valence-electron chi connectivity index (χ1n) is 5.42. The van der Waals surface area contributed by atoms with Crippen LogP contribution < -0.4 is 4.90 Å². The summed E-state index contributed by atoms with van der Waals surface area (Å²) in [5, 5.41) is 1.14.